The molecule has 2 rings (SSSR count). The van der Waals surface area contributed by atoms with Crippen LogP contribution in [-0.4, -0.2) is 9.78 Å². The molecule has 0 unspecified atom stereocenters. The lowest BCUT2D eigenvalue weighted by Crippen LogP contribution is -1.97. The molecular formula is C16H12Cl2N4. The fourth-order valence-corrected chi connectivity index (χ4v) is 2.50. The Hall–Kier alpha value is -2.27. The van der Waals surface area contributed by atoms with E-state index in [1.807, 2.05) is 6.92 Å². The van der Waals surface area contributed by atoms with Crippen LogP contribution in [0.3, 0.4) is 0 Å². The maximum Gasteiger partial charge on any atom is 0.121 e. The van der Waals surface area contributed by atoms with E-state index in [2.05, 4.69) is 17.2 Å². The van der Waals surface area contributed by atoms with Crippen molar-refractivity contribution >= 4 is 34.9 Å². The number of nitriles is 2. The third-order valence-electron chi connectivity index (χ3n) is 3.00. The Balaban J connectivity index is 2.56. The number of aryl methyl sites for hydroxylation is 1. The zero-order valence-corrected chi connectivity index (χ0v) is 13.4. The van der Waals surface area contributed by atoms with Crippen LogP contribution in [-0.2, 0) is 6.54 Å². The molecule has 0 saturated heterocycles. The second-order valence-electron chi connectivity index (χ2n) is 4.57. The van der Waals surface area contributed by atoms with E-state index in [4.69, 9.17) is 23.2 Å². The zero-order valence-electron chi connectivity index (χ0n) is 11.8. The lowest BCUT2D eigenvalue weighted by Gasteiger charge is -2.02. The fourth-order valence-electron chi connectivity index (χ4n) is 1.99. The molecule has 0 aliphatic carbocycles. The van der Waals surface area contributed by atoms with Gasteiger partial charge < -0.3 is 0 Å². The van der Waals surface area contributed by atoms with Crippen LogP contribution in [0.1, 0.15) is 30.2 Å². The normalized spacial score (nSPS) is 11.0. The van der Waals surface area contributed by atoms with Crippen LogP contribution in [0.25, 0.3) is 11.6 Å². The topological polar surface area (TPSA) is 65.4 Å². The third-order valence-corrected chi connectivity index (χ3v) is 3.66. The Morgan fingerprint density at radius 2 is 2.00 bits per heavy atom. The van der Waals surface area contributed by atoms with E-state index in [0.29, 0.717) is 33.4 Å². The fraction of sp³-hybridized carbons (Fsp3) is 0.188. The first kappa shape index (κ1) is 16.1. The lowest BCUT2D eigenvalue weighted by atomic mass is 10.1. The molecule has 0 fully saturated rings. The summed E-state index contributed by atoms with van der Waals surface area (Å²) in [5.74, 6) is 0. The van der Waals surface area contributed by atoms with E-state index in [1.165, 1.54) is 0 Å². The quantitative estimate of drug-likeness (QED) is 0.773. The molecule has 22 heavy (non-hydrogen) atoms. The zero-order chi connectivity index (χ0) is 16.1. The van der Waals surface area contributed by atoms with Gasteiger partial charge in [0.15, 0.2) is 0 Å². The van der Waals surface area contributed by atoms with E-state index in [9.17, 15) is 10.5 Å². The maximum atomic E-state index is 9.42. The van der Waals surface area contributed by atoms with Gasteiger partial charge in [0.05, 0.1) is 11.1 Å². The second kappa shape index (κ2) is 7.13. The van der Waals surface area contributed by atoms with Crippen LogP contribution in [0.15, 0.2) is 24.4 Å². The SMILES string of the molecule is CCCn1cc(C#N)c(/C(C#N)=C\c2c(Cl)cccc2Cl)n1. The van der Waals surface area contributed by atoms with Crippen molar-refractivity contribution in [2.45, 2.75) is 19.9 Å². The van der Waals surface area contributed by atoms with E-state index < -0.39 is 0 Å². The van der Waals surface area contributed by atoms with Crippen molar-refractivity contribution in [3.05, 3.63) is 51.3 Å². The minimum absolute atomic E-state index is 0.251. The highest BCUT2D eigenvalue weighted by molar-refractivity contribution is 6.37. The van der Waals surface area contributed by atoms with Crippen LogP contribution in [0.2, 0.25) is 10.0 Å². The molecule has 0 bridgehead atoms. The van der Waals surface area contributed by atoms with Gasteiger partial charge in [0.1, 0.15) is 17.8 Å². The molecule has 0 amide bonds. The van der Waals surface area contributed by atoms with Gasteiger partial charge in [0, 0.05) is 28.4 Å². The molecule has 0 radical (unpaired) electrons. The molecule has 0 N–H and O–H groups in total. The molecule has 1 aromatic carbocycles. The minimum atomic E-state index is 0.251. The first-order valence-electron chi connectivity index (χ1n) is 6.64. The van der Waals surface area contributed by atoms with E-state index in [-0.39, 0.29) is 5.57 Å². The van der Waals surface area contributed by atoms with Gasteiger partial charge in [0.25, 0.3) is 0 Å². The van der Waals surface area contributed by atoms with Gasteiger partial charge in [-0.25, -0.2) is 0 Å². The largest absolute Gasteiger partial charge is 0.271 e. The van der Waals surface area contributed by atoms with Crippen LogP contribution in [0.4, 0.5) is 0 Å². The molecule has 110 valence electrons. The molecule has 0 aliphatic heterocycles. The summed E-state index contributed by atoms with van der Waals surface area (Å²) in [6.07, 6.45) is 4.08. The summed E-state index contributed by atoms with van der Waals surface area (Å²) in [6.45, 7) is 2.69. The van der Waals surface area contributed by atoms with Gasteiger partial charge in [-0.05, 0) is 24.6 Å². The number of hydrogen-bond donors (Lipinski definition) is 0. The van der Waals surface area contributed by atoms with Crippen molar-refractivity contribution in [3.63, 3.8) is 0 Å². The first-order valence-corrected chi connectivity index (χ1v) is 7.40. The Morgan fingerprint density at radius 3 is 2.55 bits per heavy atom. The van der Waals surface area contributed by atoms with Gasteiger partial charge in [-0.15, -0.1) is 0 Å². The molecule has 4 nitrogen and oxygen atoms in total. The maximum absolute atomic E-state index is 9.42. The molecule has 1 heterocycles. The number of rotatable bonds is 4. The average Bonchev–Trinajstić information content (AvgIpc) is 2.90. The Kier molecular flexibility index (Phi) is 5.22. The molecule has 0 saturated carbocycles. The van der Waals surface area contributed by atoms with Gasteiger partial charge in [-0.2, -0.15) is 15.6 Å². The van der Waals surface area contributed by atoms with E-state index in [0.717, 1.165) is 6.42 Å². The van der Waals surface area contributed by atoms with Crippen LogP contribution in [0, 0.1) is 22.7 Å². The van der Waals surface area contributed by atoms with Crippen molar-refractivity contribution in [1.29, 1.82) is 10.5 Å². The van der Waals surface area contributed by atoms with Gasteiger partial charge >= 0.3 is 0 Å². The number of hydrogen-bond acceptors (Lipinski definition) is 3. The van der Waals surface area contributed by atoms with E-state index in [1.54, 1.807) is 35.2 Å². The summed E-state index contributed by atoms with van der Waals surface area (Å²) in [5.41, 5.74) is 1.48. The summed E-state index contributed by atoms with van der Waals surface area (Å²) in [6, 6.07) is 9.24. The number of nitrogens with zero attached hydrogens (tertiary/aromatic N) is 4. The molecule has 1 aromatic heterocycles. The van der Waals surface area contributed by atoms with Gasteiger partial charge in [0.2, 0.25) is 0 Å². The smallest absolute Gasteiger partial charge is 0.121 e. The number of allylic oxidation sites excluding steroid dienone is 1. The Labute approximate surface area is 138 Å². The molecule has 6 heteroatoms. The van der Waals surface area contributed by atoms with Gasteiger partial charge in [-0.1, -0.05) is 36.2 Å². The molecule has 0 aliphatic rings. The Morgan fingerprint density at radius 1 is 1.32 bits per heavy atom. The monoisotopic (exact) mass is 330 g/mol. The average molecular weight is 331 g/mol. The van der Waals surface area contributed by atoms with Crippen LogP contribution < -0.4 is 0 Å². The summed E-state index contributed by atoms with van der Waals surface area (Å²) >= 11 is 12.2. The van der Waals surface area contributed by atoms with Crippen molar-refractivity contribution in [2.24, 2.45) is 0 Å². The number of halogens is 2. The molecule has 2 aromatic rings. The second-order valence-corrected chi connectivity index (χ2v) is 5.39. The standard InChI is InChI=1S/C16H12Cl2N4/c1-2-6-22-10-12(9-20)16(21-22)11(8-19)7-13-14(17)4-3-5-15(13)18/h3-5,7,10H,2,6H2,1H3/b11-7-. The van der Waals surface area contributed by atoms with Gasteiger partial charge in [-0.3, -0.25) is 4.68 Å². The van der Waals surface area contributed by atoms with Crippen molar-refractivity contribution in [3.8, 4) is 12.1 Å². The summed E-state index contributed by atoms with van der Waals surface area (Å²) in [7, 11) is 0. The number of aromatic nitrogens is 2. The van der Waals surface area contributed by atoms with Crippen molar-refractivity contribution in [2.75, 3.05) is 0 Å². The van der Waals surface area contributed by atoms with Crippen LogP contribution >= 0.6 is 23.2 Å². The number of benzene rings is 1. The highest BCUT2D eigenvalue weighted by atomic mass is 35.5. The Bertz CT molecular complexity index is 786. The third kappa shape index (κ3) is 3.31. The molecule has 0 spiro atoms. The van der Waals surface area contributed by atoms with Crippen molar-refractivity contribution in [1.82, 2.24) is 9.78 Å². The first-order chi connectivity index (χ1) is 10.6. The predicted molar refractivity (Wildman–Crippen MR) is 87.2 cm³/mol. The van der Waals surface area contributed by atoms with E-state index >= 15 is 0 Å². The summed E-state index contributed by atoms with van der Waals surface area (Å²) < 4.78 is 1.66. The predicted octanol–water partition coefficient (Wildman–Crippen LogP) is 4.54. The highest BCUT2D eigenvalue weighted by Crippen LogP contribution is 2.29. The minimum Gasteiger partial charge on any atom is -0.271 e. The highest BCUT2D eigenvalue weighted by Gasteiger charge is 2.14. The molecule has 0 atom stereocenters. The van der Waals surface area contributed by atoms with Crippen molar-refractivity contribution < 1.29 is 0 Å². The van der Waals surface area contributed by atoms with Crippen LogP contribution in [0.5, 0.6) is 0 Å². The summed E-state index contributed by atoms with van der Waals surface area (Å²) in [5, 5.41) is 23.8. The lowest BCUT2D eigenvalue weighted by molar-refractivity contribution is 0.601. The summed E-state index contributed by atoms with van der Waals surface area (Å²) in [4.78, 5) is 0. The molecular weight excluding hydrogens is 319 g/mol.